The lowest BCUT2D eigenvalue weighted by molar-refractivity contribution is -0.128. The highest BCUT2D eigenvalue weighted by Gasteiger charge is 2.35. The van der Waals surface area contributed by atoms with Crippen LogP contribution < -0.4 is 0 Å². The van der Waals surface area contributed by atoms with Crippen molar-refractivity contribution in [2.24, 2.45) is 5.92 Å². The number of rotatable bonds is 7. The largest absolute Gasteiger partial charge is 0.338 e. The first-order valence-electron chi connectivity index (χ1n) is 10.9. The van der Waals surface area contributed by atoms with Crippen LogP contribution in [0.1, 0.15) is 34.2 Å². The third-order valence-corrected chi connectivity index (χ3v) is 6.12. The molecule has 1 heterocycles. The van der Waals surface area contributed by atoms with Crippen LogP contribution >= 0.6 is 11.6 Å². The number of hydrogen-bond acceptors (Lipinski definition) is 3. The van der Waals surface area contributed by atoms with Gasteiger partial charge in [-0.3, -0.25) is 15.0 Å². The minimum atomic E-state index is -0.488. The summed E-state index contributed by atoms with van der Waals surface area (Å²) in [6, 6.07) is 23.0. The number of carbonyl (C=O) groups is 2. The van der Waals surface area contributed by atoms with Gasteiger partial charge in [-0.15, -0.1) is 0 Å². The van der Waals surface area contributed by atoms with Gasteiger partial charge >= 0.3 is 0 Å². The highest BCUT2D eigenvalue weighted by Crippen LogP contribution is 2.23. The van der Waals surface area contributed by atoms with Gasteiger partial charge in [0.25, 0.3) is 0 Å². The Hall–Kier alpha value is -3.50. The summed E-state index contributed by atoms with van der Waals surface area (Å²) in [6.45, 7) is 2.83. The van der Waals surface area contributed by atoms with Crippen LogP contribution in [0.25, 0.3) is 12.2 Å². The lowest BCUT2D eigenvalue weighted by Crippen LogP contribution is -2.28. The van der Waals surface area contributed by atoms with E-state index in [1.807, 2.05) is 36.4 Å². The van der Waals surface area contributed by atoms with Crippen LogP contribution in [0, 0.1) is 18.3 Å². The van der Waals surface area contributed by atoms with Gasteiger partial charge in [-0.25, -0.2) is 0 Å². The molecule has 1 atom stereocenters. The summed E-state index contributed by atoms with van der Waals surface area (Å²) in [5, 5.41) is 9.04. The average Bonchev–Trinajstić information content (AvgIpc) is 3.19. The highest BCUT2D eigenvalue weighted by molar-refractivity contribution is 6.46. The van der Waals surface area contributed by atoms with Crippen LogP contribution in [-0.2, 0) is 16.1 Å². The van der Waals surface area contributed by atoms with Gasteiger partial charge in [-0.1, -0.05) is 90.0 Å². The molecule has 0 spiro atoms. The first-order chi connectivity index (χ1) is 15.9. The van der Waals surface area contributed by atoms with Crippen LogP contribution in [-0.4, -0.2) is 28.8 Å². The number of ketones is 1. The molecule has 0 radical (unpaired) electrons. The van der Waals surface area contributed by atoms with Crippen molar-refractivity contribution in [3.63, 3.8) is 0 Å². The molecule has 1 N–H and O–H groups in total. The molecular formula is C28H25ClN2O2. The van der Waals surface area contributed by atoms with Gasteiger partial charge in [-0.05, 0) is 35.7 Å². The summed E-state index contributed by atoms with van der Waals surface area (Å²) >= 11 is 5.92. The van der Waals surface area contributed by atoms with E-state index in [9.17, 15) is 9.59 Å². The predicted octanol–water partition coefficient (Wildman–Crippen LogP) is 5.80. The molecule has 1 amide bonds. The Balaban J connectivity index is 1.37. The van der Waals surface area contributed by atoms with E-state index in [1.54, 1.807) is 29.2 Å². The van der Waals surface area contributed by atoms with E-state index in [4.69, 9.17) is 17.0 Å². The zero-order valence-corrected chi connectivity index (χ0v) is 19.2. The molecule has 1 unspecified atom stereocenters. The number of nitrogens with one attached hydrogen (secondary N) is 1. The van der Waals surface area contributed by atoms with E-state index < -0.39 is 5.92 Å². The van der Waals surface area contributed by atoms with Gasteiger partial charge in [0, 0.05) is 30.1 Å². The molecule has 0 aliphatic carbocycles. The van der Waals surface area contributed by atoms with Crippen LogP contribution in [0.2, 0.25) is 5.02 Å². The van der Waals surface area contributed by atoms with E-state index in [1.165, 1.54) is 5.56 Å². The smallest absolute Gasteiger partial charge is 0.223 e. The van der Waals surface area contributed by atoms with Crippen LogP contribution in [0.3, 0.4) is 0 Å². The summed E-state index contributed by atoms with van der Waals surface area (Å²) in [4.78, 5) is 27.0. The zero-order chi connectivity index (χ0) is 23.4. The Morgan fingerprint density at radius 2 is 1.55 bits per heavy atom. The molecule has 166 valence electrons. The van der Waals surface area contributed by atoms with Gasteiger partial charge in [0.15, 0.2) is 5.78 Å². The summed E-state index contributed by atoms with van der Waals surface area (Å²) in [7, 11) is 0. The normalized spacial score (nSPS) is 15.9. The standard InChI is InChI=1S/C28H25ClN2O2/c1-19-2-4-20(5-3-19)6-7-21-8-12-23(13-9-21)27(30)28(33)24-16-26(32)31(18-24)17-22-10-14-25(29)15-11-22/h2-15,24,30H,16-18H2,1H3/b7-6+,30-27?. The van der Waals surface area contributed by atoms with Gasteiger partial charge in [0.2, 0.25) is 5.91 Å². The minimum Gasteiger partial charge on any atom is -0.338 e. The number of halogens is 1. The molecule has 1 saturated heterocycles. The lowest BCUT2D eigenvalue weighted by atomic mass is 9.94. The fourth-order valence-corrected chi connectivity index (χ4v) is 4.01. The molecule has 33 heavy (non-hydrogen) atoms. The number of hydrogen-bond donors (Lipinski definition) is 1. The third-order valence-electron chi connectivity index (χ3n) is 5.86. The molecule has 3 aromatic carbocycles. The van der Waals surface area contributed by atoms with Crippen molar-refractivity contribution in [1.82, 2.24) is 4.90 Å². The molecular weight excluding hydrogens is 432 g/mol. The average molecular weight is 457 g/mol. The molecule has 0 aromatic heterocycles. The molecule has 1 aliphatic heterocycles. The lowest BCUT2D eigenvalue weighted by Gasteiger charge is -2.16. The molecule has 0 saturated carbocycles. The van der Waals surface area contributed by atoms with Crippen molar-refractivity contribution >= 4 is 41.2 Å². The maximum Gasteiger partial charge on any atom is 0.223 e. The van der Waals surface area contributed by atoms with Crippen molar-refractivity contribution in [3.8, 4) is 0 Å². The first-order valence-corrected chi connectivity index (χ1v) is 11.3. The maximum atomic E-state index is 12.9. The topological polar surface area (TPSA) is 61.2 Å². The summed E-state index contributed by atoms with van der Waals surface area (Å²) in [5.74, 6) is -0.837. The number of likely N-dealkylation sites (tertiary alicyclic amines) is 1. The van der Waals surface area contributed by atoms with Gasteiger partial charge < -0.3 is 4.90 Å². The Kier molecular flexibility index (Phi) is 6.85. The fourth-order valence-electron chi connectivity index (χ4n) is 3.89. The second-order valence-corrected chi connectivity index (χ2v) is 8.84. The van der Waals surface area contributed by atoms with Crippen molar-refractivity contribution in [2.45, 2.75) is 19.9 Å². The molecule has 1 fully saturated rings. The Morgan fingerprint density at radius 3 is 2.15 bits per heavy atom. The fraction of sp³-hybridized carbons (Fsp3) is 0.179. The van der Waals surface area contributed by atoms with E-state index in [2.05, 4.69) is 31.2 Å². The van der Waals surface area contributed by atoms with Crippen molar-refractivity contribution in [3.05, 3.63) is 106 Å². The molecule has 4 rings (SSSR count). The number of benzene rings is 3. The maximum absolute atomic E-state index is 12.9. The zero-order valence-electron chi connectivity index (χ0n) is 18.4. The second-order valence-electron chi connectivity index (χ2n) is 8.41. The number of nitrogens with zero attached hydrogens (tertiary/aromatic N) is 1. The van der Waals surface area contributed by atoms with E-state index in [0.717, 1.165) is 16.7 Å². The molecule has 5 heteroatoms. The Bertz CT molecular complexity index is 1200. The van der Waals surface area contributed by atoms with E-state index in [0.29, 0.717) is 23.7 Å². The molecule has 1 aliphatic rings. The van der Waals surface area contributed by atoms with Crippen LogP contribution in [0.4, 0.5) is 0 Å². The summed E-state index contributed by atoms with van der Waals surface area (Å²) in [6.07, 6.45) is 4.18. The monoisotopic (exact) mass is 456 g/mol. The van der Waals surface area contributed by atoms with Crippen molar-refractivity contribution in [2.75, 3.05) is 6.54 Å². The molecule has 0 bridgehead atoms. The summed E-state index contributed by atoms with van der Waals surface area (Å²) in [5.41, 5.74) is 4.81. The summed E-state index contributed by atoms with van der Waals surface area (Å²) < 4.78 is 0. The quantitative estimate of drug-likeness (QED) is 0.360. The predicted molar refractivity (Wildman–Crippen MR) is 133 cm³/mol. The van der Waals surface area contributed by atoms with E-state index in [-0.39, 0.29) is 23.8 Å². The van der Waals surface area contributed by atoms with Gasteiger partial charge in [0.1, 0.15) is 5.71 Å². The van der Waals surface area contributed by atoms with Crippen LogP contribution in [0.5, 0.6) is 0 Å². The van der Waals surface area contributed by atoms with Gasteiger partial charge in [0.05, 0.1) is 5.92 Å². The third kappa shape index (κ3) is 5.65. The number of amides is 1. The first kappa shape index (κ1) is 22.7. The molecule has 3 aromatic rings. The van der Waals surface area contributed by atoms with E-state index >= 15 is 0 Å². The Morgan fingerprint density at radius 1 is 0.970 bits per heavy atom. The second kappa shape index (κ2) is 9.97. The minimum absolute atomic E-state index is 0.0461. The number of carbonyl (C=O) groups excluding carboxylic acids is 2. The SMILES string of the molecule is Cc1ccc(/C=C/c2ccc(C(=N)C(=O)C3CC(=O)N(Cc4ccc(Cl)cc4)C3)cc2)cc1. The van der Waals surface area contributed by atoms with Crippen molar-refractivity contribution in [1.29, 1.82) is 5.41 Å². The van der Waals surface area contributed by atoms with Gasteiger partial charge in [-0.2, -0.15) is 0 Å². The number of aryl methyl sites for hydroxylation is 1. The van der Waals surface area contributed by atoms with Crippen molar-refractivity contribution < 1.29 is 9.59 Å². The Labute approximate surface area is 199 Å². The molecule has 4 nitrogen and oxygen atoms in total. The van der Waals surface area contributed by atoms with Crippen LogP contribution in [0.15, 0.2) is 72.8 Å². The highest BCUT2D eigenvalue weighted by atomic mass is 35.5. The number of Topliss-reactive ketones (excluding diaryl/α,β-unsaturated/α-hetero) is 1.